The van der Waals surface area contributed by atoms with Crippen LogP contribution in [0.2, 0.25) is 0 Å². The number of carbonyl (C=O) groups is 2. The Labute approximate surface area is 132 Å². The van der Waals surface area contributed by atoms with E-state index in [4.69, 9.17) is 4.74 Å². The second kappa shape index (κ2) is 6.95. The van der Waals surface area contributed by atoms with Crippen LogP contribution in [-0.4, -0.2) is 23.1 Å². The molecule has 0 heterocycles. The quantitative estimate of drug-likeness (QED) is 0.825. The number of carboxylic acid groups (broad SMARTS) is 1. The predicted molar refractivity (Wildman–Crippen MR) is 86.4 cm³/mol. The topological polar surface area (TPSA) is 63.6 Å². The molecule has 4 heteroatoms. The second-order valence-electron chi connectivity index (χ2n) is 6.88. The van der Waals surface area contributed by atoms with Gasteiger partial charge in [0.1, 0.15) is 6.10 Å². The van der Waals surface area contributed by atoms with Crippen LogP contribution in [0.15, 0.2) is 18.2 Å². The molecule has 0 saturated heterocycles. The van der Waals surface area contributed by atoms with Crippen molar-refractivity contribution in [2.24, 2.45) is 5.92 Å². The third-order valence-electron chi connectivity index (χ3n) is 3.71. The number of ether oxygens (including phenoxy) is 1. The lowest BCUT2D eigenvalue weighted by atomic mass is 9.82. The van der Waals surface area contributed by atoms with Crippen molar-refractivity contribution in [1.29, 1.82) is 0 Å². The Hall–Kier alpha value is -1.84. The third kappa shape index (κ3) is 4.09. The summed E-state index contributed by atoms with van der Waals surface area (Å²) >= 11 is 0. The fraction of sp³-hybridized carbons (Fsp3) is 0.556. The van der Waals surface area contributed by atoms with E-state index < -0.39 is 11.9 Å². The zero-order chi connectivity index (χ0) is 17.1. The number of esters is 1. The van der Waals surface area contributed by atoms with Gasteiger partial charge in [0.15, 0.2) is 0 Å². The molecular weight excluding hydrogens is 280 g/mol. The number of hydrogen-bond acceptors (Lipinski definition) is 3. The third-order valence-corrected chi connectivity index (χ3v) is 3.71. The molecule has 0 aliphatic carbocycles. The van der Waals surface area contributed by atoms with Gasteiger partial charge in [0.25, 0.3) is 0 Å². The summed E-state index contributed by atoms with van der Waals surface area (Å²) in [7, 11) is 0. The van der Waals surface area contributed by atoms with E-state index in [0.29, 0.717) is 12.0 Å². The Morgan fingerprint density at radius 1 is 1.23 bits per heavy atom. The molecule has 1 N–H and O–H groups in total. The highest BCUT2D eigenvalue weighted by Crippen LogP contribution is 2.29. The molecule has 0 aliphatic rings. The Kier molecular flexibility index (Phi) is 5.75. The molecule has 0 bridgehead atoms. The average Bonchev–Trinajstić information content (AvgIpc) is 2.42. The van der Waals surface area contributed by atoms with Gasteiger partial charge in [-0.3, -0.25) is 0 Å². The number of aromatic carboxylic acids is 1. The molecule has 1 unspecified atom stereocenters. The maximum atomic E-state index is 12.4. The van der Waals surface area contributed by atoms with Gasteiger partial charge in [-0.05, 0) is 29.4 Å². The number of hydrogen-bond donors (Lipinski definition) is 1. The zero-order valence-corrected chi connectivity index (χ0v) is 14.3. The summed E-state index contributed by atoms with van der Waals surface area (Å²) in [6.45, 7) is 11.7. The van der Waals surface area contributed by atoms with E-state index in [1.807, 2.05) is 41.5 Å². The molecule has 1 aromatic carbocycles. The number of benzene rings is 1. The molecular formula is C18H26O4. The van der Waals surface area contributed by atoms with Crippen LogP contribution < -0.4 is 0 Å². The van der Waals surface area contributed by atoms with Crippen LogP contribution in [0.4, 0.5) is 0 Å². The van der Waals surface area contributed by atoms with Gasteiger partial charge in [0.05, 0.1) is 11.1 Å². The zero-order valence-electron chi connectivity index (χ0n) is 14.3. The summed E-state index contributed by atoms with van der Waals surface area (Å²) in [5, 5.41) is 9.55. The molecule has 1 atom stereocenters. The van der Waals surface area contributed by atoms with Crippen LogP contribution in [0.3, 0.4) is 0 Å². The highest BCUT2D eigenvalue weighted by Gasteiger charge is 2.28. The van der Waals surface area contributed by atoms with Crippen molar-refractivity contribution in [3.05, 3.63) is 34.9 Å². The summed E-state index contributed by atoms with van der Waals surface area (Å²) in [6.07, 6.45) is 0.484. The molecule has 1 rings (SSSR count). The summed E-state index contributed by atoms with van der Waals surface area (Å²) in [6, 6.07) is 4.98. The molecule has 0 fully saturated rings. The lowest BCUT2D eigenvalue weighted by Crippen LogP contribution is -2.26. The molecule has 0 radical (unpaired) electrons. The van der Waals surface area contributed by atoms with Crippen LogP contribution >= 0.6 is 0 Å². The van der Waals surface area contributed by atoms with Gasteiger partial charge >= 0.3 is 11.9 Å². The summed E-state index contributed by atoms with van der Waals surface area (Å²) < 4.78 is 5.50. The minimum Gasteiger partial charge on any atom is -0.478 e. The lowest BCUT2D eigenvalue weighted by Gasteiger charge is -2.24. The van der Waals surface area contributed by atoms with E-state index in [2.05, 4.69) is 0 Å². The Morgan fingerprint density at radius 2 is 1.82 bits per heavy atom. The number of carbonyl (C=O) groups excluding carboxylic acids is 1. The fourth-order valence-electron chi connectivity index (χ4n) is 2.47. The molecule has 1 aromatic rings. The van der Waals surface area contributed by atoms with Crippen molar-refractivity contribution >= 4 is 11.9 Å². The van der Waals surface area contributed by atoms with E-state index in [0.717, 1.165) is 0 Å². The lowest BCUT2D eigenvalue weighted by molar-refractivity contribution is 0.0169. The van der Waals surface area contributed by atoms with Gasteiger partial charge in [-0.15, -0.1) is 0 Å². The smallest absolute Gasteiger partial charge is 0.339 e. The van der Waals surface area contributed by atoms with Crippen molar-refractivity contribution < 1.29 is 19.4 Å². The monoisotopic (exact) mass is 306 g/mol. The van der Waals surface area contributed by atoms with Gasteiger partial charge in [-0.25, -0.2) is 9.59 Å². The van der Waals surface area contributed by atoms with E-state index in [1.54, 1.807) is 12.1 Å². The molecule has 0 amide bonds. The first-order chi connectivity index (χ1) is 10.1. The normalized spacial score (nSPS) is 13.0. The SMILES string of the molecule is CCC(OC(=O)c1cccc(C(C)(C)C)c1C(=O)O)C(C)C. The minimum absolute atomic E-state index is 0.0404. The maximum absolute atomic E-state index is 12.4. The van der Waals surface area contributed by atoms with Crippen LogP contribution in [0.5, 0.6) is 0 Å². The first-order valence-corrected chi connectivity index (χ1v) is 7.67. The van der Waals surface area contributed by atoms with Crippen LogP contribution in [0.25, 0.3) is 0 Å². The first-order valence-electron chi connectivity index (χ1n) is 7.67. The first kappa shape index (κ1) is 18.2. The van der Waals surface area contributed by atoms with E-state index >= 15 is 0 Å². The summed E-state index contributed by atoms with van der Waals surface area (Å²) in [5.74, 6) is -1.48. The van der Waals surface area contributed by atoms with E-state index in [1.165, 1.54) is 6.07 Å². The van der Waals surface area contributed by atoms with E-state index in [-0.39, 0.29) is 28.6 Å². The van der Waals surface area contributed by atoms with Crippen LogP contribution in [0, 0.1) is 5.92 Å². The molecule has 0 spiro atoms. The van der Waals surface area contributed by atoms with Crippen molar-refractivity contribution in [3.8, 4) is 0 Å². The van der Waals surface area contributed by atoms with E-state index in [9.17, 15) is 14.7 Å². The van der Waals surface area contributed by atoms with Crippen LogP contribution in [0.1, 0.15) is 74.2 Å². The molecule has 0 aromatic heterocycles. The number of rotatable bonds is 5. The molecule has 0 saturated carbocycles. The highest BCUT2D eigenvalue weighted by molar-refractivity contribution is 6.03. The van der Waals surface area contributed by atoms with Crippen LogP contribution in [-0.2, 0) is 10.2 Å². The Bertz CT molecular complexity index is 553. The average molecular weight is 306 g/mol. The molecule has 0 aliphatic heterocycles. The van der Waals surface area contributed by atoms with Gasteiger partial charge in [-0.2, -0.15) is 0 Å². The fourth-order valence-corrected chi connectivity index (χ4v) is 2.47. The molecule has 122 valence electrons. The highest BCUT2D eigenvalue weighted by atomic mass is 16.5. The van der Waals surface area contributed by atoms with Crippen molar-refractivity contribution in [2.45, 2.75) is 59.5 Å². The molecule has 4 nitrogen and oxygen atoms in total. The van der Waals surface area contributed by atoms with Gasteiger partial charge in [-0.1, -0.05) is 53.7 Å². The Balaban J connectivity index is 3.30. The second-order valence-corrected chi connectivity index (χ2v) is 6.88. The minimum atomic E-state index is -1.10. The molecule has 22 heavy (non-hydrogen) atoms. The van der Waals surface area contributed by atoms with Gasteiger partial charge in [0, 0.05) is 0 Å². The largest absolute Gasteiger partial charge is 0.478 e. The Morgan fingerprint density at radius 3 is 2.23 bits per heavy atom. The number of carboxylic acids is 1. The van der Waals surface area contributed by atoms with Gasteiger partial charge < -0.3 is 9.84 Å². The predicted octanol–water partition coefficient (Wildman–Crippen LogP) is 4.27. The van der Waals surface area contributed by atoms with Gasteiger partial charge in [0.2, 0.25) is 0 Å². The van der Waals surface area contributed by atoms with Crippen molar-refractivity contribution in [3.63, 3.8) is 0 Å². The van der Waals surface area contributed by atoms with Crippen molar-refractivity contribution in [2.75, 3.05) is 0 Å². The summed E-state index contributed by atoms with van der Waals surface area (Å²) in [4.78, 5) is 24.1. The standard InChI is InChI=1S/C18H26O4/c1-7-14(11(2)3)22-17(21)12-9-8-10-13(18(4,5)6)15(12)16(19)20/h8-11,14H,7H2,1-6H3,(H,19,20). The maximum Gasteiger partial charge on any atom is 0.339 e. The summed E-state index contributed by atoms with van der Waals surface area (Å²) in [5.41, 5.74) is 0.427. The van der Waals surface area contributed by atoms with Crippen molar-refractivity contribution in [1.82, 2.24) is 0 Å².